The number of aliphatic hydroxyl groups is 1. The van der Waals surface area contributed by atoms with Crippen LogP contribution in [0.4, 0.5) is 9.18 Å². The Bertz CT molecular complexity index is 488. The van der Waals surface area contributed by atoms with Gasteiger partial charge >= 0.3 is 6.03 Å². The molecule has 0 aromatic heterocycles. The number of carbonyl (C=O) groups excluding carboxylic acids is 1. The summed E-state index contributed by atoms with van der Waals surface area (Å²) in [6, 6.07) is 6.02. The first-order valence-electron chi connectivity index (χ1n) is 8.05. The van der Waals surface area contributed by atoms with E-state index in [1.54, 1.807) is 12.1 Å². The highest BCUT2D eigenvalue weighted by Gasteiger charge is 2.32. The summed E-state index contributed by atoms with van der Waals surface area (Å²) in [6.07, 6.45) is 1.70. The first-order valence-corrected chi connectivity index (χ1v) is 8.05. The molecule has 1 aliphatic rings. The zero-order chi connectivity index (χ0) is 16.1. The molecule has 4 nitrogen and oxygen atoms in total. The lowest BCUT2D eigenvalue weighted by Gasteiger charge is -2.31. The standard InChI is InChI=1S/C17H25FN2O2/c1-3-19(4-2)17(22)20-11-5-6-15(20)12-16(21)13-7-9-14(18)10-8-13/h7-10,15-16,21H,3-6,11-12H2,1-2H3. The molecule has 0 radical (unpaired) electrons. The van der Waals surface area contributed by atoms with E-state index in [9.17, 15) is 14.3 Å². The minimum absolute atomic E-state index is 0.0492. The van der Waals surface area contributed by atoms with E-state index < -0.39 is 6.10 Å². The predicted octanol–water partition coefficient (Wildman–Crippen LogP) is 3.18. The molecule has 2 rings (SSSR count). The predicted molar refractivity (Wildman–Crippen MR) is 84.0 cm³/mol. The average molecular weight is 308 g/mol. The van der Waals surface area contributed by atoms with E-state index in [2.05, 4.69) is 0 Å². The molecule has 22 heavy (non-hydrogen) atoms. The van der Waals surface area contributed by atoms with Crippen molar-refractivity contribution in [1.29, 1.82) is 0 Å². The van der Waals surface area contributed by atoms with Crippen molar-refractivity contribution in [3.63, 3.8) is 0 Å². The molecular weight excluding hydrogens is 283 g/mol. The van der Waals surface area contributed by atoms with Crippen LogP contribution in [-0.4, -0.2) is 46.6 Å². The molecule has 2 unspecified atom stereocenters. The van der Waals surface area contributed by atoms with Gasteiger partial charge in [-0.2, -0.15) is 0 Å². The average Bonchev–Trinajstić information content (AvgIpc) is 2.97. The number of benzene rings is 1. The molecule has 1 aromatic rings. The fourth-order valence-electron chi connectivity index (χ4n) is 3.09. The van der Waals surface area contributed by atoms with Crippen LogP contribution < -0.4 is 0 Å². The zero-order valence-corrected chi connectivity index (χ0v) is 13.3. The van der Waals surface area contributed by atoms with Crippen molar-refractivity contribution in [3.8, 4) is 0 Å². The maximum atomic E-state index is 12.9. The van der Waals surface area contributed by atoms with Crippen molar-refractivity contribution >= 4 is 6.03 Å². The molecule has 2 amide bonds. The van der Waals surface area contributed by atoms with Gasteiger partial charge in [0, 0.05) is 25.7 Å². The molecule has 1 N–H and O–H groups in total. The van der Waals surface area contributed by atoms with Gasteiger partial charge in [-0.05, 0) is 50.8 Å². The van der Waals surface area contributed by atoms with Crippen LogP contribution >= 0.6 is 0 Å². The molecule has 1 aliphatic heterocycles. The smallest absolute Gasteiger partial charge is 0.320 e. The van der Waals surface area contributed by atoms with Gasteiger partial charge in [-0.1, -0.05) is 12.1 Å². The largest absolute Gasteiger partial charge is 0.388 e. The normalized spacial score (nSPS) is 19.3. The van der Waals surface area contributed by atoms with Crippen molar-refractivity contribution in [1.82, 2.24) is 9.80 Å². The Kier molecular flexibility index (Phi) is 5.77. The minimum atomic E-state index is -0.671. The molecule has 0 bridgehead atoms. The highest BCUT2D eigenvalue weighted by atomic mass is 19.1. The van der Waals surface area contributed by atoms with Crippen molar-refractivity contribution in [3.05, 3.63) is 35.6 Å². The van der Waals surface area contributed by atoms with E-state index in [-0.39, 0.29) is 17.9 Å². The van der Waals surface area contributed by atoms with Crippen LogP contribution in [0.1, 0.15) is 44.8 Å². The molecule has 122 valence electrons. The molecule has 1 heterocycles. The molecule has 5 heteroatoms. The van der Waals surface area contributed by atoms with Crippen molar-refractivity contribution < 1.29 is 14.3 Å². The van der Waals surface area contributed by atoms with Gasteiger partial charge in [0.05, 0.1) is 6.10 Å². The van der Waals surface area contributed by atoms with Crippen LogP contribution in [0.15, 0.2) is 24.3 Å². The molecule has 1 aromatic carbocycles. The Morgan fingerprint density at radius 3 is 2.59 bits per heavy atom. The van der Waals surface area contributed by atoms with E-state index >= 15 is 0 Å². The van der Waals surface area contributed by atoms with Gasteiger partial charge in [-0.25, -0.2) is 9.18 Å². The minimum Gasteiger partial charge on any atom is -0.388 e. The number of carbonyl (C=O) groups is 1. The summed E-state index contributed by atoms with van der Waals surface area (Å²) in [5.41, 5.74) is 0.698. The number of amides is 2. The quantitative estimate of drug-likeness (QED) is 0.908. The van der Waals surface area contributed by atoms with Crippen molar-refractivity contribution in [2.45, 2.75) is 45.3 Å². The molecule has 1 fully saturated rings. The topological polar surface area (TPSA) is 43.8 Å². The Hall–Kier alpha value is -1.62. The van der Waals surface area contributed by atoms with Gasteiger partial charge < -0.3 is 14.9 Å². The van der Waals surface area contributed by atoms with Crippen LogP contribution in [0.3, 0.4) is 0 Å². The van der Waals surface area contributed by atoms with E-state index in [1.807, 2.05) is 23.6 Å². The third-order valence-electron chi connectivity index (χ3n) is 4.41. The number of urea groups is 1. The summed E-state index contributed by atoms with van der Waals surface area (Å²) in [5, 5.41) is 10.4. The van der Waals surface area contributed by atoms with Crippen LogP contribution in [0.2, 0.25) is 0 Å². The van der Waals surface area contributed by atoms with E-state index in [1.165, 1.54) is 12.1 Å². The zero-order valence-electron chi connectivity index (χ0n) is 13.3. The van der Waals surface area contributed by atoms with E-state index in [0.717, 1.165) is 19.4 Å². The van der Waals surface area contributed by atoms with E-state index in [0.29, 0.717) is 25.1 Å². The van der Waals surface area contributed by atoms with Gasteiger partial charge in [0.15, 0.2) is 0 Å². The number of nitrogens with zero attached hydrogens (tertiary/aromatic N) is 2. The fourth-order valence-corrected chi connectivity index (χ4v) is 3.09. The second-order valence-corrected chi connectivity index (χ2v) is 5.75. The molecule has 1 saturated heterocycles. The summed E-state index contributed by atoms with van der Waals surface area (Å²) in [6.45, 7) is 6.08. The summed E-state index contributed by atoms with van der Waals surface area (Å²) >= 11 is 0. The van der Waals surface area contributed by atoms with Gasteiger partial charge in [0.25, 0.3) is 0 Å². The molecule has 2 atom stereocenters. The third kappa shape index (κ3) is 3.77. The van der Waals surface area contributed by atoms with Crippen LogP contribution in [-0.2, 0) is 0 Å². The van der Waals surface area contributed by atoms with Gasteiger partial charge in [0.1, 0.15) is 5.82 Å². The lowest BCUT2D eigenvalue weighted by atomic mass is 10.0. The highest BCUT2D eigenvalue weighted by molar-refractivity contribution is 5.75. The van der Waals surface area contributed by atoms with Crippen LogP contribution in [0.5, 0.6) is 0 Å². The summed E-state index contributed by atoms with van der Waals surface area (Å²) in [5.74, 6) is -0.310. The van der Waals surface area contributed by atoms with Gasteiger partial charge in [0.2, 0.25) is 0 Å². The Morgan fingerprint density at radius 1 is 1.36 bits per heavy atom. The monoisotopic (exact) mass is 308 g/mol. The SMILES string of the molecule is CCN(CC)C(=O)N1CCCC1CC(O)c1ccc(F)cc1. The third-order valence-corrected chi connectivity index (χ3v) is 4.41. The second-order valence-electron chi connectivity index (χ2n) is 5.75. The summed E-state index contributed by atoms with van der Waals surface area (Å²) in [4.78, 5) is 16.2. The van der Waals surface area contributed by atoms with Crippen molar-refractivity contribution in [2.24, 2.45) is 0 Å². The first kappa shape index (κ1) is 16.7. The highest BCUT2D eigenvalue weighted by Crippen LogP contribution is 2.28. The maximum absolute atomic E-state index is 12.9. The number of hydrogen-bond acceptors (Lipinski definition) is 2. The number of hydrogen-bond donors (Lipinski definition) is 1. The van der Waals surface area contributed by atoms with Gasteiger partial charge in [-0.15, -0.1) is 0 Å². The van der Waals surface area contributed by atoms with Crippen LogP contribution in [0.25, 0.3) is 0 Å². The Balaban J connectivity index is 2.01. The number of aliphatic hydroxyl groups excluding tert-OH is 1. The molecule has 0 spiro atoms. The number of likely N-dealkylation sites (tertiary alicyclic amines) is 1. The number of halogens is 1. The Morgan fingerprint density at radius 2 is 2.00 bits per heavy atom. The second kappa shape index (κ2) is 7.58. The molecular formula is C17H25FN2O2. The summed E-state index contributed by atoms with van der Waals surface area (Å²) in [7, 11) is 0. The first-order chi connectivity index (χ1) is 10.6. The maximum Gasteiger partial charge on any atom is 0.320 e. The van der Waals surface area contributed by atoms with E-state index in [4.69, 9.17) is 0 Å². The Labute approximate surface area is 131 Å². The molecule has 0 aliphatic carbocycles. The summed E-state index contributed by atoms with van der Waals surface area (Å²) < 4.78 is 12.9. The number of rotatable bonds is 5. The van der Waals surface area contributed by atoms with Crippen LogP contribution in [0, 0.1) is 5.82 Å². The van der Waals surface area contributed by atoms with Gasteiger partial charge in [-0.3, -0.25) is 0 Å². The molecule has 0 saturated carbocycles. The fraction of sp³-hybridized carbons (Fsp3) is 0.588. The lowest BCUT2D eigenvalue weighted by molar-refractivity contribution is 0.113. The van der Waals surface area contributed by atoms with Crippen molar-refractivity contribution in [2.75, 3.05) is 19.6 Å². The lowest BCUT2D eigenvalue weighted by Crippen LogP contribution is -2.45.